The second-order valence-corrected chi connectivity index (χ2v) is 5.00. The zero-order valence-corrected chi connectivity index (χ0v) is 12.4. The second kappa shape index (κ2) is 6.88. The van der Waals surface area contributed by atoms with Crippen molar-refractivity contribution in [1.29, 1.82) is 0 Å². The van der Waals surface area contributed by atoms with E-state index in [1.165, 1.54) is 9.30 Å². The molecule has 0 saturated heterocycles. The van der Waals surface area contributed by atoms with Gasteiger partial charge in [0.1, 0.15) is 6.54 Å². The lowest BCUT2D eigenvalue weighted by atomic mass is 10.3. The van der Waals surface area contributed by atoms with E-state index < -0.39 is 11.6 Å². The molecule has 2 rings (SSSR count). The number of rotatable bonds is 7. The van der Waals surface area contributed by atoms with Crippen LogP contribution < -0.4 is 11.4 Å². The summed E-state index contributed by atoms with van der Waals surface area (Å²) in [6.07, 6.45) is 3.24. The van der Waals surface area contributed by atoms with Crippen LogP contribution in [-0.2, 0) is 16.1 Å². The summed E-state index contributed by atoms with van der Waals surface area (Å²) >= 11 is 0. The monoisotopic (exact) mass is 305 g/mol. The van der Waals surface area contributed by atoms with Gasteiger partial charge in [-0.25, -0.2) is 9.48 Å². The van der Waals surface area contributed by atoms with Crippen molar-refractivity contribution in [2.45, 2.75) is 26.3 Å². The molecule has 2 N–H and O–H groups in total. The average Bonchev–Trinajstić information content (AvgIpc) is 2.80. The molecular weight excluding hydrogens is 286 g/mol. The molecule has 8 nitrogen and oxygen atoms in total. The van der Waals surface area contributed by atoms with E-state index in [0.717, 1.165) is 17.5 Å². The highest BCUT2D eigenvalue weighted by molar-refractivity contribution is 5.83. The Labute approximate surface area is 127 Å². The van der Waals surface area contributed by atoms with E-state index in [9.17, 15) is 14.4 Å². The summed E-state index contributed by atoms with van der Waals surface area (Å²) in [5.74, 6) is -0.926. The van der Waals surface area contributed by atoms with Gasteiger partial charge in [0.15, 0.2) is 5.65 Å². The van der Waals surface area contributed by atoms with Crippen LogP contribution >= 0.6 is 0 Å². The third-order valence-corrected chi connectivity index (χ3v) is 3.25. The molecule has 0 aliphatic heterocycles. The van der Waals surface area contributed by atoms with Gasteiger partial charge in [-0.05, 0) is 18.6 Å². The van der Waals surface area contributed by atoms with E-state index >= 15 is 0 Å². The Kier molecular flexibility index (Phi) is 4.92. The van der Waals surface area contributed by atoms with Gasteiger partial charge < -0.3 is 10.6 Å². The number of amides is 2. The van der Waals surface area contributed by atoms with E-state index in [4.69, 9.17) is 5.73 Å². The standard InChI is InChI=1S/C14H19N5O3/c1-2-3-7-17(9-11(15)20)13(21)10-19-14(22)18-8-5-4-6-12(18)16-19/h4-6,8H,2-3,7,9-10H2,1H3,(H2,15,20). The number of hydrogen-bond donors (Lipinski definition) is 1. The molecule has 0 atom stereocenters. The van der Waals surface area contributed by atoms with Crippen LogP contribution in [0, 0.1) is 0 Å². The van der Waals surface area contributed by atoms with Crippen LogP contribution in [-0.4, -0.2) is 44.0 Å². The van der Waals surface area contributed by atoms with Gasteiger partial charge in [0, 0.05) is 12.7 Å². The van der Waals surface area contributed by atoms with E-state index in [1.54, 1.807) is 24.4 Å². The summed E-state index contributed by atoms with van der Waals surface area (Å²) in [6, 6.07) is 5.15. The smallest absolute Gasteiger partial charge is 0.350 e. The third kappa shape index (κ3) is 3.51. The van der Waals surface area contributed by atoms with Gasteiger partial charge in [0.05, 0.1) is 6.54 Å². The van der Waals surface area contributed by atoms with Crippen molar-refractivity contribution in [3.63, 3.8) is 0 Å². The van der Waals surface area contributed by atoms with E-state index in [0.29, 0.717) is 12.2 Å². The van der Waals surface area contributed by atoms with Crippen molar-refractivity contribution in [2.75, 3.05) is 13.1 Å². The molecule has 0 radical (unpaired) electrons. The minimum absolute atomic E-state index is 0.152. The predicted octanol–water partition coefficient (Wildman–Crippen LogP) is -0.390. The Morgan fingerprint density at radius 3 is 2.77 bits per heavy atom. The van der Waals surface area contributed by atoms with Crippen molar-refractivity contribution in [2.24, 2.45) is 5.73 Å². The maximum Gasteiger partial charge on any atom is 0.350 e. The van der Waals surface area contributed by atoms with E-state index in [1.807, 2.05) is 6.92 Å². The number of aromatic nitrogens is 3. The Morgan fingerprint density at radius 1 is 1.36 bits per heavy atom. The fourth-order valence-electron chi connectivity index (χ4n) is 2.13. The number of fused-ring (bicyclic) bond motifs is 1. The number of unbranched alkanes of at least 4 members (excludes halogenated alkanes) is 1. The van der Waals surface area contributed by atoms with Crippen LogP contribution in [0.4, 0.5) is 0 Å². The molecule has 118 valence electrons. The van der Waals surface area contributed by atoms with Crippen molar-refractivity contribution in [1.82, 2.24) is 19.1 Å². The summed E-state index contributed by atoms with van der Waals surface area (Å²) in [6.45, 7) is 2.05. The maximum absolute atomic E-state index is 12.3. The van der Waals surface area contributed by atoms with Crippen LogP contribution in [0.2, 0.25) is 0 Å². The van der Waals surface area contributed by atoms with Gasteiger partial charge in [-0.1, -0.05) is 19.4 Å². The highest BCUT2D eigenvalue weighted by Gasteiger charge is 2.18. The van der Waals surface area contributed by atoms with E-state index in [-0.39, 0.29) is 19.0 Å². The first kappa shape index (κ1) is 15.7. The number of carbonyl (C=O) groups excluding carboxylic acids is 2. The molecule has 2 amide bonds. The lowest BCUT2D eigenvalue weighted by molar-refractivity contribution is -0.136. The molecule has 2 heterocycles. The molecule has 0 aliphatic carbocycles. The van der Waals surface area contributed by atoms with Crippen LogP contribution in [0.25, 0.3) is 5.65 Å². The van der Waals surface area contributed by atoms with Crippen LogP contribution in [0.3, 0.4) is 0 Å². The van der Waals surface area contributed by atoms with Gasteiger partial charge in [-0.2, -0.15) is 0 Å². The summed E-state index contributed by atoms with van der Waals surface area (Å²) in [4.78, 5) is 36.9. The third-order valence-electron chi connectivity index (χ3n) is 3.25. The largest absolute Gasteiger partial charge is 0.368 e. The van der Waals surface area contributed by atoms with Crippen molar-refractivity contribution >= 4 is 17.5 Å². The number of hydrogen-bond acceptors (Lipinski definition) is 4. The summed E-state index contributed by atoms with van der Waals surface area (Å²) in [5.41, 5.74) is 5.24. The topological polar surface area (TPSA) is 103 Å². The first-order chi connectivity index (χ1) is 10.5. The Hall–Kier alpha value is -2.64. The zero-order chi connectivity index (χ0) is 16.1. The summed E-state index contributed by atoms with van der Waals surface area (Å²) in [7, 11) is 0. The lowest BCUT2D eigenvalue weighted by Gasteiger charge is -2.20. The van der Waals surface area contributed by atoms with E-state index in [2.05, 4.69) is 5.10 Å². The minimum atomic E-state index is -0.577. The highest BCUT2D eigenvalue weighted by atomic mass is 16.2. The Bertz CT molecular complexity index is 733. The molecular formula is C14H19N5O3. The molecule has 8 heteroatoms. The van der Waals surface area contributed by atoms with Gasteiger partial charge in [-0.3, -0.25) is 14.0 Å². The average molecular weight is 305 g/mol. The SMILES string of the molecule is CCCCN(CC(N)=O)C(=O)Cn1nc2ccccn2c1=O. The molecule has 0 spiro atoms. The predicted molar refractivity (Wildman–Crippen MR) is 80.1 cm³/mol. The lowest BCUT2D eigenvalue weighted by Crippen LogP contribution is -2.42. The summed E-state index contributed by atoms with van der Waals surface area (Å²) in [5, 5.41) is 4.10. The number of nitrogens with zero attached hydrogens (tertiary/aromatic N) is 4. The molecule has 0 fully saturated rings. The molecule has 0 saturated carbocycles. The summed E-state index contributed by atoms with van der Waals surface area (Å²) < 4.78 is 2.45. The molecule has 2 aromatic rings. The fraction of sp³-hybridized carbons (Fsp3) is 0.429. The van der Waals surface area contributed by atoms with Crippen molar-refractivity contribution < 1.29 is 9.59 Å². The van der Waals surface area contributed by atoms with Gasteiger partial charge in [0.25, 0.3) is 0 Å². The first-order valence-electron chi connectivity index (χ1n) is 7.13. The van der Waals surface area contributed by atoms with Gasteiger partial charge in [-0.15, -0.1) is 5.10 Å². The number of nitrogens with two attached hydrogens (primary N) is 1. The number of carbonyl (C=O) groups is 2. The van der Waals surface area contributed by atoms with Gasteiger partial charge in [0.2, 0.25) is 11.8 Å². The van der Waals surface area contributed by atoms with Gasteiger partial charge >= 0.3 is 5.69 Å². The number of primary amides is 1. The molecule has 0 bridgehead atoms. The molecule has 0 aromatic carbocycles. The maximum atomic E-state index is 12.3. The number of pyridine rings is 1. The quantitative estimate of drug-likeness (QED) is 0.752. The highest BCUT2D eigenvalue weighted by Crippen LogP contribution is 1.99. The minimum Gasteiger partial charge on any atom is -0.368 e. The molecule has 2 aromatic heterocycles. The molecule has 0 aliphatic rings. The Morgan fingerprint density at radius 2 is 2.14 bits per heavy atom. The second-order valence-electron chi connectivity index (χ2n) is 5.00. The Balaban J connectivity index is 2.18. The van der Waals surface area contributed by atoms with Crippen LogP contribution in [0.15, 0.2) is 29.2 Å². The van der Waals surface area contributed by atoms with Crippen molar-refractivity contribution in [3.05, 3.63) is 34.9 Å². The first-order valence-corrected chi connectivity index (χ1v) is 7.13. The van der Waals surface area contributed by atoms with Crippen LogP contribution in [0.1, 0.15) is 19.8 Å². The zero-order valence-electron chi connectivity index (χ0n) is 12.4. The van der Waals surface area contributed by atoms with Crippen molar-refractivity contribution in [3.8, 4) is 0 Å². The molecule has 22 heavy (non-hydrogen) atoms. The molecule has 0 unspecified atom stereocenters. The fourth-order valence-corrected chi connectivity index (χ4v) is 2.13. The normalized spacial score (nSPS) is 10.8. The van der Waals surface area contributed by atoms with Crippen LogP contribution in [0.5, 0.6) is 0 Å².